The molecule has 0 saturated carbocycles. The van der Waals surface area contributed by atoms with Crippen molar-refractivity contribution >= 4 is 35.0 Å². The van der Waals surface area contributed by atoms with Gasteiger partial charge in [0.15, 0.2) is 11.0 Å². The Labute approximate surface area is 208 Å². The van der Waals surface area contributed by atoms with E-state index in [1.807, 2.05) is 60.9 Å². The second-order valence-electron chi connectivity index (χ2n) is 8.29. The summed E-state index contributed by atoms with van der Waals surface area (Å²) in [6.45, 7) is 8.21. The minimum atomic E-state index is -0.0935. The SMILES string of the molecule is Cc1cccc(C(C)C)c1NC(=O)CSc1nnc(-c2ccncc2)n1-c1cccc(Cl)c1C. The molecular formula is C26H26ClN5OS. The van der Waals surface area contributed by atoms with Crippen molar-refractivity contribution in [3.8, 4) is 17.1 Å². The van der Waals surface area contributed by atoms with Crippen molar-refractivity contribution < 1.29 is 4.79 Å². The van der Waals surface area contributed by atoms with Gasteiger partial charge in [0.05, 0.1) is 11.4 Å². The maximum atomic E-state index is 12.9. The fourth-order valence-corrected chi connectivity index (χ4v) is 4.67. The molecule has 0 unspecified atom stereocenters. The molecule has 0 aliphatic rings. The standard InChI is InChI=1S/C26H26ClN5OS/c1-16(2)20-8-5-7-17(3)24(20)29-23(33)15-34-26-31-30-25(19-11-13-28-14-12-19)32(26)22-10-6-9-21(27)18(22)4/h5-14,16H,15H2,1-4H3,(H,29,33). The zero-order valence-electron chi connectivity index (χ0n) is 19.5. The van der Waals surface area contributed by atoms with E-state index in [-0.39, 0.29) is 11.7 Å². The van der Waals surface area contributed by atoms with Crippen LogP contribution in [0.1, 0.15) is 36.5 Å². The zero-order valence-corrected chi connectivity index (χ0v) is 21.1. The first kappa shape index (κ1) is 24.0. The number of amides is 1. The monoisotopic (exact) mass is 491 g/mol. The number of benzene rings is 2. The molecule has 0 spiro atoms. The highest BCUT2D eigenvalue weighted by Crippen LogP contribution is 2.32. The van der Waals surface area contributed by atoms with Gasteiger partial charge in [-0.25, -0.2) is 0 Å². The number of anilines is 1. The van der Waals surface area contributed by atoms with Crippen LogP contribution in [0, 0.1) is 13.8 Å². The van der Waals surface area contributed by atoms with E-state index in [2.05, 4.69) is 40.4 Å². The fraction of sp³-hybridized carbons (Fsp3) is 0.231. The zero-order chi connectivity index (χ0) is 24.2. The van der Waals surface area contributed by atoms with Gasteiger partial charge >= 0.3 is 0 Å². The number of nitrogens with one attached hydrogen (secondary N) is 1. The predicted molar refractivity (Wildman–Crippen MR) is 139 cm³/mol. The number of thioether (sulfide) groups is 1. The lowest BCUT2D eigenvalue weighted by Crippen LogP contribution is -2.17. The Morgan fingerprint density at radius 1 is 1.06 bits per heavy atom. The van der Waals surface area contributed by atoms with E-state index < -0.39 is 0 Å². The first-order chi connectivity index (χ1) is 16.4. The summed E-state index contributed by atoms with van der Waals surface area (Å²) in [5.74, 6) is 1.07. The molecule has 2 heterocycles. The van der Waals surface area contributed by atoms with E-state index in [1.54, 1.807) is 12.4 Å². The minimum absolute atomic E-state index is 0.0935. The van der Waals surface area contributed by atoms with Gasteiger partial charge in [-0.2, -0.15) is 0 Å². The topological polar surface area (TPSA) is 72.7 Å². The molecule has 0 aliphatic carbocycles. The fourth-order valence-electron chi connectivity index (χ4n) is 3.75. The van der Waals surface area contributed by atoms with Crippen molar-refractivity contribution in [1.82, 2.24) is 19.7 Å². The van der Waals surface area contributed by atoms with E-state index in [0.29, 0.717) is 21.9 Å². The van der Waals surface area contributed by atoms with Gasteiger partial charge in [-0.15, -0.1) is 10.2 Å². The van der Waals surface area contributed by atoms with Crippen LogP contribution in [0.5, 0.6) is 0 Å². The van der Waals surface area contributed by atoms with Gasteiger partial charge < -0.3 is 5.32 Å². The number of carbonyl (C=O) groups excluding carboxylic acids is 1. The van der Waals surface area contributed by atoms with Crippen molar-refractivity contribution in [2.24, 2.45) is 0 Å². The molecule has 1 amide bonds. The van der Waals surface area contributed by atoms with Gasteiger partial charge in [-0.1, -0.05) is 61.5 Å². The average molecular weight is 492 g/mol. The highest BCUT2D eigenvalue weighted by Gasteiger charge is 2.20. The smallest absolute Gasteiger partial charge is 0.234 e. The molecule has 0 fully saturated rings. The maximum Gasteiger partial charge on any atom is 0.234 e. The molecule has 6 nitrogen and oxygen atoms in total. The maximum absolute atomic E-state index is 12.9. The van der Waals surface area contributed by atoms with E-state index in [0.717, 1.165) is 33.6 Å². The predicted octanol–water partition coefficient (Wildman–Crippen LogP) is 6.45. The molecule has 0 saturated heterocycles. The van der Waals surface area contributed by atoms with Crippen LogP contribution in [-0.2, 0) is 4.79 Å². The van der Waals surface area contributed by atoms with E-state index in [1.165, 1.54) is 11.8 Å². The van der Waals surface area contributed by atoms with Gasteiger partial charge in [-0.3, -0.25) is 14.3 Å². The number of aryl methyl sites for hydroxylation is 1. The molecule has 34 heavy (non-hydrogen) atoms. The lowest BCUT2D eigenvalue weighted by molar-refractivity contribution is -0.113. The summed E-state index contributed by atoms with van der Waals surface area (Å²) < 4.78 is 1.95. The molecule has 2 aromatic heterocycles. The summed E-state index contributed by atoms with van der Waals surface area (Å²) >= 11 is 7.76. The summed E-state index contributed by atoms with van der Waals surface area (Å²) in [5.41, 5.74) is 5.70. The lowest BCUT2D eigenvalue weighted by Gasteiger charge is -2.16. The minimum Gasteiger partial charge on any atom is -0.325 e. The highest BCUT2D eigenvalue weighted by atomic mass is 35.5. The van der Waals surface area contributed by atoms with Crippen molar-refractivity contribution in [3.63, 3.8) is 0 Å². The third-order valence-corrected chi connectivity index (χ3v) is 6.91. The van der Waals surface area contributed by atoms with Gasteiger partial charge in [0.1, 0.15) is 0 Å². The van der Waals surface area contributed by atoms with Gasteiger partial charge in [0.2, 0.25) is 5.91 Å². The summed E-state index contributed by atoms with van der Waals surface area (Å²) in [4.78, 5) is 17.0. The number of carbonyl (C=O) groups is 1. The number of para-hydroxylation sites is 1. The molecule has 0 radical (unpaired) electrons. The normalized spacial score (nSPS) is 11.1. The number of halogens is 1. The third kappa shape index (κ3) is 5.00. The number of rotatable bonds is 7. The molecule has 8 heteroatoms. The Kier molecular flexibility index (Phi) is 7.34. The molecule has 0 bridgehead atoms. The van der Waals surface area contributed by atoms with Crippen LogP contribution in [0.4, 0.5) is 5.69 Å². The first-order valence-corrected chi connectivity index (χ1v) is 12.4. The van der Waals surface area contributed by atoms with Crippen LogP contribution in [0.3, 0.4) is 0 Å². The van der Waals surface area contributed by atoms with Crippen molar-refractivity contribution in [1.29, 1.82) is 0 Å². The van der Waals surface area contributed by atoms with Crippen LogP contribution in [0.15, 0.2) is 66.1 Å². The second-order valence-corrected chi connectivity index (χ2v) is 9.64. The van der Waals surface area contributed by atoms with Crippen LogP contribution in [0.25, 0.3) is 17.1 Å². The van der Waals surface area contributed by atoms with E-state index >= 15 is 0 Å². The summed E-state index contributed by atoms with van der Waals surface area (Å²) in [5, 5.41) is 13.2. The Morgan fingerprint density at radius 2 is 1.79 bits per heavy atom. The van der Waals surface area contributed by atoms with Gasteiger partial charge in [0.25, 0.3) is 0 Å². The lowest BCUT2D eigenvalue weighted by atomic mass is 9.98. The average Bonchev–Trinajstić information content (AvgIpc) is 3.25. The molecule has 1 N–H and O–H groups in total. The number of nitrogens with zero attached hydrogens (tertiary/aromatic N) is 4. The van der Waals surface area contributed by atoms with Crippen LogP contribution in [0.2, 0.25) is 5.02 Å². The number of pyridine rings is 1. The molecule has 0 aliphatic heterocycles. The number of hydrogen-bond acceptors (Lipinski definition) is 5. The third-order valence-electron chi connectivity index (χ3n) is 5.58. The van der Waals surface area contributed by atoms with Gasteiger partial charge in [-0.05, 0) is 60.7 Å². The Hall–Kier alpha value is -3.16. The van der Waals surface area contributed by atoms with Crippen molar-refractivity contribution in [2.75, 3.05) is 11.1 Å². The quantitative estimate of drug-likeness (QED) is 0.300. The summed E-state index contributed by atoms with van der Waals surface area (Å²) in [7, 11) is 0. The Balaban J connectivity index is 1.64. The van der Waals surface area contributed by atoms with Gasteiger partial charge in [0, 0.05) is 28.7 Å². The molecule has 4 aromatic rings. The largest absolute Gasteiger partial charge is 0.325 e. The molecule has 0 atom stereocenters. The molecule has 174 valence electrons. The van der Waals surface area contributed by atoms with Crippen LogP contribution < -0.4 is 5.32 Å². The number of aromatic nitrogens is 4. The van der Waals surface area contributed by atoms with E-state index in [4.69, 9.17) is 11.6 Å². The van der Waals surface area contributed by atoms with Crippen molar-refractivity contribution in [2.45, 2.75) is 38.8 Å². The first-order valence-electron chi connectivity index (χ1n) is 11.0. The number of hydrogen-bond donors (Lipinski definition) is 1. The van der Waals surface area contributed by atoms with Crippen LogP contribution in [-0.4, -0.2) is 31.4 Å². The highest BCUT2D eigenvalue weighted by molar-refractivity contribution is 7.99. The Morgan fingerprint density at radius 3 is 2.53 bits per heavy atom. The summed E-state index contributed by atoms with van der Waals surface area (Å²) in [6, 6.07) is 15.6. The molecule has 2 aromatic carbocycles. The molecular weight excluding hydrogens is 466 g/mol. The second kappa shape index (κ2) is 10.4. The molecule has 4 rings (SSSR count). The van der Waals surface area contributed by atoms with Crippen LogP contribution >= 0.6 is 23.4 Å². The van der Waals surface area contributed by atoms with E-state index in [9.17, 15) is 4.79 Å². The Bertz CT molecular complexity index is 1320. The van der Waals surface area contributed by atoms with Crippen molar-refractivity contribution in [3.05, 3.63) is 82.6 Å². The summed E-state index contributed by atoms with van der Waals surface area (Å²) in [6.07, 6.45) is 3.43.